The lowest BCUT2D eigenvalue weighted by Crippen LogP contribution is -2.15. The zero-order valence-corrected chi connectivity index (χ0v) is 11.6. The Balaban J connectivity index is 3.12. The van der Waals surface area contributed by atoms with E-state index in [0.717, 1.165) is 25.7 Å². The second-order valence-electron chi connectivity index (χ2n) is 3.88. The molecule has 5 heteroatoms. The summed E-state index contributed by atoms with van der Waals surface area (Å²) in [7, 11) is 0. The summed E-state index contributed by atoms with van der Waals surface area (Å²) < 4.78 is 20.1. The van der Waals surface area contributed by atoms with Gasteiger partial charge in [0.15, 0.2) is 0 Å². The van der Waals surface area contributed by atoms with Gasteiger partial charge < -0.3 is 18.9 Å². The quantitative estimate of drug-likeness (QED) is 0.400. The van der Waals surface area contributed by atoms with Crippen LogP contribution in [0.3, 0.4) is 0 Å². The molecule has 108 valence electrons. The summed E-state index contributed by atoms with van der Waals surface area (Å²) in [5, 5.41) is 0. The Labute approximate surface area is 110 Å². The van der Waals surface area contributed by atoms with Crippen molar-refractivity contribution < 1.29 is 23.7 Å². The van der Waals surface area contributed by atoms with Crippen LogP contribution in [0.5, 0.6) is 0 Å². The molecule has 0 aliphatic carbocycles. The van der Waals surface area contributed by atoms with Crippen molar-refractivity contribution in [3.05, 3.63) is 0 Å². The molecule has 18 heavy (non-hydrogen) atoms. The van der Waals surface area contributed by atoms with Crippen molar-refractivity contribution in [1.82, 2.24) is 0 Å². The van der Waals surface area contributed by atoms with E-state index in [1.54, 1.807) is 0 Å². The van der Waals surface area contributed by atoms with E-state index in [9.17, 15) is 4.79 Å². The first-order chi connectivity index (χ1) is 8.81. The fraction of sp³-hybridized carbons (Fsp3) is 0.923. The molecule has 0 saturated heterocycles. The molecular formula is C13H26O5. The smallest absolute Gasteiger partial charge is 0.432 e. The highest BCUT2D eigenvalue weighted by Gasteiger charge is 2.02. The Hall–Kier alpha value is -0.810. The molecule has 0 atom stereocenters. The van der Waals surface area contributed by atoms with Crippen LogP contribution in [0.4, 0.5) is 4.79 Å². The number of rotatable bonds is 12. The third-order valence-corrected chi connectivity index (χ3v) is 2.18. The van der Waals surface area contributed by atoms with Crippen molar-refractivity contribution in [3.8, 4) is 0 Å². The van der Waals surface area contributed by atoms with Gasteiger partial charge in [-0.1, -0.05) is 26.7 Å². The molecular weight excluding hydrogens is 236 g/mol. The van der Waals surface area contributed by atoms with E-state index in [2.05, 4.69) is 13.8 Å². The lowest BCUT2D eigenvalue weighted by molar-refractivity contribution is 0.0104. The van der Waals surface area contributed by atoms with E-state index in [1.165, 1.54) is 0 Å². The van der Waals surface area contributed by atoms with Gasteiger partial charge in [0.05, 0.1) is 13.2 Å². The lowest BCUT2D eigenvalue weighted by Gasteiger charge is -2.07. The maximum Gasteiger partial charge on any atom is 0.508 e. The van der Waals surface area contributed by atoms with Gasteiger partial charge >= 0.3 is 6.16 Å². The van der Waals surface area contributed by atoms with Crippen LogP contribution < -0.4 is 0 Å². The van der Waals surface area contributed by atoms with Crippen LogP contribution in [0.1, 0.15) is 39.5 Å². The van der Waals surface area contributed by atoms with Crippen LogP contribution in [0, 0.1) is 0 Å². The first-order valence-electron chi connectivity index (χ1n) is 6.76. The highest BCUT2D eigenvalue weighted by atomic mass is 16.7. The van der Waals surface area contributed by atoms with E-state index in [1.807, 2.05) is 0 Å². The summed E-state index contributed by atoms with van der Waals surface area (Å²) in [5.41, 5.74) is 0. The monoisotopic (exact) mass is 262 g/mol. The van der Waals surface area contributed by atoms with Gasteiger partial charge in [0, 0.05) is 13.2 Å². The number of ether oxygens (including phenoxy) is 4. The molecule has 0 bridgehead atoms. The number of hydrogen-bond donors (Lipinski definition) is 0. The Kier molecular flexibility index (Phi) is 13.6. The van der Waals surface area contributed by atoms with Gasteiger partial charge in [-0.05, 0) is 12.8 Å². The second kappa shape index (κ2) is 14.3. The third kappa shape index (κ3) is 13.3. The molecule has 5 nitrogen and oxygen atoms in total. The van der Waals surface area contributed by atoms with Gasteiger partial charge in [-0.3, -0.25) is 0 Å². The number of carbonyl (C=O) groups is 1. The SMILES string of the molecule is CCCCOCCOC(=O)OCCOCCCC. The van der Waals surface area contributed by atoms with Gasteiger partial charge in [0.1, 0.15) is 13.2 Å². The summed E-state index contributed by atoms with van der Waals surface area (Å²) in [6.07, 6.45) is 3.59. The average Bonchev–Trinajstić information content (AvgIpc) is 2.38. The molecule has 0 fully saturated rings. The Morgan fingerprint density at radius 2 is 1.17 bits per heavy atom. The van der Waals surface area contributed by atoms with Crippen LogP contribution in [0.15, 0.2) is 0 Å². The van der Waals surface area contributed by atoms with Crippen molar-refractivity contribution >= 4 is 6.16 Å². The van der Waals surface area contributed by atoms with Crippen LogP contribution >= 0.6 is 0 Å². The minimum Gasteiger partial charge on any atom is -0.432 e. The summed E-state index contributed by atoms with van der Waals surface area (Å²) in [6, 6.07) is 0. The van der Waals surface area contributed by atoms with E-state index >= 15 is 0 Å². The van der Waals surface area contributed by atoms with Crippen molar-refractivity contribution in [2.75, 3.05) is 39.6 Å². The summed E-state index contributed by atoms with van der Waals surface area (Å²) in [6.45, 7) is 6.92. The molecule has 0 amide bonds. The van der Waals surface area contributed by atoms with Crippen LogP contribution in [-0.4, -0.2) is 45.8 Å². The molecule has 0 unspecified atom stereocenters. The summed E-state index contributed by atoms with van der Waals surface area (Å²) in [5.74, 6) is 0. The topological polar surface area (TPSA) is 54.0 Å². The van der Waals surface area contributed by atoms with Crippen molar-refractivity contribution in [2.24, 2.45) is 0 Å². The van der Waals surface area contributed by atoms with Gasteiger partial charge in [0.25, 0.3) is 0 Å². The van der Waals surface area contributed by atoms with Crippen LogP contribution in [0.2, 0.25) is 0 Å². The van der Waals surface area contributed by atoms with Crippen molar-refractivity contribution in [3.63, 3.8) is 0 Å². The fourth-order valence-corrected chi connectivity index (χ4v) is 1.11. The first-order valence-corrected chi connectivity index (χ1v) is 6.76. The molecule has 0 N–H and O–H groups in total. The van der Waals surface area contributed by atoms with Crippen molar-refractivity contribution in [2.45, 2.75) is 39.5 Å². The van der Waals surface area contributed by atoms with E-state index in [4.69, 9.17) is 18.9 Å². The number of hydrogen-bond acceptors (Lipinski definition) is 5. The minimum atomic E-state index is -0.659. The van der Waals surface area contributed by atoms with Gasteiger partial charge in [0.2, 0.25) is 0 Å². The molecule has 0 spiro atoms. The predicted octanol–water partition coefficient (Wildman–Crippen LogP) is 2.77. The molecule has 0 aromatic heterocycles. The zero-order valence-electron chi connectivity index (χ0n) is 11.6. The number of carbonyl (C=O) groups excluding carboxylic acids is 1. The summed E-state index contributed by atoms with van der Waals surface area (Å²) >= 11 is 0. The average molecular weight is 262 g/mol. The molecule has 0 rings (SSSR count). The Bertz CT molecular complexity index is 166. The van der Waals surface area contributed by atoms with Crippen LogP contribution in [0.25, 0.3) is 0 Å². The molecule has 0 saturated carbocycles. The highest BCUT2D eigenvalue weighted by Crippen LogP contribution is 1.91. The maximum absolute atomic E-state index is 11.1. The highest BCUT2D eigenvalue weighted by molar-refractivity contribution is 5.59. The minimum absolute atomic E-state index is 0.235. The fourth-order valence-electron chi connectivity index (χ4n) is 1.11. The molecule has 0 aromatic carbocycles. The molecule has 0 aliphatic rings. The Morgan fingerprint density at radius 1 is 0.722 bits per heavy atom. The number of unbranched alkanes of at least 4 members (excludes halogenated alkanes) is 2. The predicted molar refractivity (Wildman–Crippen MR) is 68.8 cm³/mol. The third-order valence-electron chi connectivity index (χ3n) is 2.18. The van der Waals surface area contributed by atoms with Gasteiger partial charge in [-0.25, -0.2) is 4.79 Å². The van der Waals surface area contributed by atoms with E-state index in [0.29, 0.717) is 26.4 Å². The lowest BCUT2D eigenvalue weighted by atomic mass is 10.4. The van der Waals surface area contributed by atoms with Gasteiger partial charge in [-0.15, -0.1) is 0 Å². The summed E-state index contributed by atoms with van der Waals surface area (Å²) in [4.78, 5) is 11.1. The van der Waals surface area contributed by atoms with E-state index < -0.39 is 6.16 Å². The standard InChI is InChI=1S/C13H26O5/c1-3-5-7-15-9-11-17-13(14)18-12-10-16-8-6-4-2/h3-12H2,1-2H3. The first kappa shape index (κ1) is 17.2. The Morgan fingerprint density at radius 3 is 1.56 bits per heavy atom. The van der Waals surface area contributed by atoms with Crippen LogP contribution in [-0.2, 0) is 18.9 Å². The molecule has 0 aromatic rings. The maximum atomic E-state index is 11.1. The normalized spacial score (nSPS) is 10.3. The molecule has 0 radical (unpaired) electrons. The largest absolute Gasteiger partial charge is 0.508 e. The van der Waals surface area contributed by atoms with E-state index in [-0.39, 0.29) is 13.2 Å². The molecule has 0 aliphatic heterocycles. The van der Waals surface area contributed by atoms with Crippen molar-refractivity contribution in [1.29, 1.82) is 0 Å². The zero-order chi connectivity index (χ0) is 13.5. The molecule has 0 heterocycles. The van der Waals surface area contributed by atoms with Gasteiger partial charge in [-0.2, -0.15) is 0 Å². The second-order valence-corrected chi connectivity index (χ2v) is 3.88.